The average molecular weight is 538 g/mol. The Balaban J connectivity index is 1.49. The Morgan fingerprint density at radius 1 is 1.05 bits per heavy atom. The van der Waals surface area contributed by atoms with Gasteiger partial charge in [0.2, 0.25) is 0 Å². The zero-order valence-electron chi connectivity index (χ0n) is 21.8. The highest BCUT2D eigenvalue weighted by atomic mass is 35.5. The van der Waals surface area contributed by atoms with Crippen LogP contribution in [0.3, 0.4) is 0 Å². The van der Waals surface area contributed by atoms with Gasteiger partial charge in [0, 0.05) is 31.5 Å². The molecule has 200 valence electrons. The second-order valence-electron chi connectivity index (χ2n) is 10.3. The number of carboxylic acid groups (broad SMARTS) is 1. The van der Waals surface area contributed by atoms with Crippen LogP contribution in [0.4, 0.5) is 4.39 Å². The molecular formula is C31H33ClFNO4. The van der Waals surface area contributed by atoms with Crippen LogP contribution in [0.25, 0.3) is 0 Å². The highest BCUT2D eigenvalue weighted by molar-refractivity contribution is 6.30. The SMILES string of the molecule is CCCCc1ccc(CN(CCC(=O)O)C(=O)c2ccc3c(c2)C[C@@](C)(Cc2ccc(F)c(Cl)c2)O3)cc1. The molecule has 5 nitrogen and oxygen atoms in total. The van der Waals surface area contributed by atoms with E-state index in [0.717, 1.165) is 36.0 Å². The zero-order chi connectivity index (χ0) is 27.3. The third-order valence-electron chi connectivity index (χ3n) is 6.89. The molecule has 38 heavy (non-hydrogen) atoms. The van der Waals surface area contributed by atoms with Crippen LogP contribution in [-0.4, -0.2) is 34.0 Å². The number of nitrogens with zero attached hydrogens (tertiary/aromatic N) is 1. The molecule has 1 atom stereocenters. The second-order valence-corrected chi connectivity index (χ2v) is 10.7. The number of carbonyl (C=O) groups is 2. The molecule has 1 aliphatic heterocycles. The van der Waals surface area contributed by atoms with Gasteiger partial charge in [0.05, 0.1) is 11.4 Å². The first-order valence-electron chi connectivity index (χ1n) is 13.0. The summed E-state index contributed by atoms with van der Waals surface area (Å²) in [6.07, 6.45) is 4.25. The molecule has 1 aliphatic rings. The van der Waals surface area contributed by atoms with Crippen molar-refractivity contribution in [3.63, 3.8) is 0 Å². The van der Waals surface area contributed by atoms with E-state index in [4.69, 9.17) is 16.3 Å². The Morgan fingerprint density at radius 3 is 2.45 bits per heavy atom. The maximum Gasteiger partial charge on any atom is 0.305 e. The van der Waals surface area contributed by atoms with Crippen LogP contribution in [-0.2, 0) is 30.6 Å². The Hall–Kier alpha value is -3.38. The number of aliphatic carboxylic acids is 1. The lowest BCUT2D eigenvalue weighted by Crippen LogP contribution is -2.33. The van der Waals surface area contributed by atoms with Crippen molar-refractivity contribution in [2.45, 2.75) is 64.5 Å². The third kappa shape index (κ3) is 6.93. The highest BCUT2D eigenvalue weighted by Gasteiger charge is 2.35. The standard InChI is InChI=1S/C31H33ClFNO4/c1-3-4-5-21-6-8-22(9-7-21)20-34(15-14-29(35)36)30(37)24-11-13-28-25(17-24)19-31(2,38-28)18-23-10-12-27(33)26(32)16-23/h6-13,16-17H,3-5,14-15,18-20H2,1-2H3,(H,35,36)/t31-/m1/s1. The highest BCUT2D eigenvalue weighted by Crippen LogP contribution is 2.38. The number of carboxylic acids is 1. The Kier molecular flexibility index (Phi) is 8.72. The van der Waals surface area contributed by atoms with Crippen LogP contribution in [0.5, 0.6) is 5.75 Å². The van der Waals surface area contributed by atoms with Crippen molar-refractivity contribution in [2.75, 3.05) is 6.54 Å². The molecule has 0 aromatic heterocycles. The Bertz CT molecular complexity index is 1310. The largest absolute Gasteiger partial charge is 0.487 e. The summed E-state index contributed by atoms with van der Waals surface area (Å²) in [5.41, 5.74) is 3.91. The molecule has 0 saturated carbocycles. The normalized spacial score (nSPS) is 16.1. The molecule has 0 fully saturated rings. The van der Waals surface area contributed by atoms with Crippen molar-refractivity contribution < 1.29 is 23.8 Å². The van der Waals surface area contributed by atoms with Crippen molar-refractivity contribution in [1.29, 1.82) is 0 Å². The number of hydrogen-bond acceptors (Lipinski definition) is 3. The molecule has 1 N–H and O–H groups in total. The predicted octanol–water partition coefficient (Wildman–Crippen LogP) is 6.88. The summed E-state index contributed by atoms with van der Waals surface area (Å²) in [6, 6.07) is 18.2. The minimum Gasteiger partial charge on any atom is -0.487 e. The number of unbranched alkanes of at least 4 members (excludes halogenated alkanes) is 1. The molecule has 0 bridgehead atoms. The number of aryl methyl sites for hydroxylation is 1. The van der Waals surface area contributed by atoms with Crippen LogP contribution in [0.15, 0.2) is 60.7 Å². The molecular weight excluding hydrogens is 505 g/mol. The molecule has 1 amide bonds. The number of carbonyl (C=O) groups excluding carboxylic acids is 1. The van der Waals surface area contributed by atoms with E-state index >= 15 is 0 Å². The van der Waals surface area contributed by atoms with E-state index in [0.29, 0.717) is 30.7 Å². The van der Waals surface area contributed by atoms with Crippen LogP contribution < -0.4 is 4.74 Å². The molecule has 3 aromatic carbocycles. The quantitative estimate of drug-likeness (QED) is 0.290. The van der Waals surface area contributed by atoms with Gasteiger partial charge in [0.1, 0.15) is 17.2 Å². The van der Waals surface area contributed by atoms with E-state index in [9.17, 15) is 19.1 Å². The molecule has 0 spiro atoms. The molecule has 7 heteroatoms. The fourth-order valence-corrected chi connectivity index (χ4v) is 5.12. The second kappa shape index (κ2) is 12.0. The van der Waals surface area contributed by atoms with Gasteiger partial charge in [-0.3, -0.25) is 9.59 Å². The average Bonchev–Trinajstić information content (AvgIpc) is 3.22. The fraction of sp³-hybridized carbons (Fsp3) is 0.355. The zero-order valence-corrected chi connectivity index (χ0v) is 22.6. The molecule has 0 unspecified atom stereocenters. The van der Waals surface area contributed by atoms with E-state index in [1.165, 1.54) is 11.6 Å². The van der Waals surface area contributed by atoms with Crippen molar-refractivity contribution >= 4 is 23.5 Å². The lowest BCUT2D eigenvalue weighted by molar-refractivity contribution is -0.137. The topological polar surface area (TPSA) is 66.8 Å². The summed E-state index contributed by atoms with van der Waals surface area (Å²) < 4.78 is 19.8. The number of hydrogen-bond donors (Lipinski definition) is 1. The van der Waals surface area contributed by atoms with Crippen molar-refractivity contribution in [1.82, 2.24) is 4.90 Å². The summed E-state index contributed by atoms with van der Waals surface area (Å²) in [4.78, 5) is 26.4. The van der Waals surface area contributed by atoms with Gasteiger partial charge in [-0.05, 0) is 72.4 Å². The minimum absolute atomic E-state index is 0.0755. The van der Waals surface area contributed by atoms with Crippen molar-refractivity contribution in [3.05, 3.63) is 99.3 Å². The summed E-state index contributed by atoms with van der Waals surface area (Å²) in [5.74, 6) is -0.920. The van der Waals surface area contributed by atoms with E-state index in [-0.39, 0.29) is 23.9 Å². The number of halogens is 2. The number of benzene rings is 3. The molecule has 0 saturated heterocycles. The number of fused-ring (bicyclic) bond motifs is 1. The van der Waals surface area contributed by atoms with Gasteiger partial charge in [-0.1, -0.05) is 55.3 Å². The lowest BCUT2D eigenvalue weighted by Gasteiger charge is -2.24. The lowest BCUT2D eigenvalue weighted by atomic mass is 9.91. The molecule has 4 rings (SSSR count). The van der Waals surface area contributed by atoms with Crippen LogP contribution in [0.2, 0.25) is 5.02 Å². The smallest absolute Gasteiger partial charge is 0.305 e. The molecule has 3 aromatic rings. The monoisotopic (exact) mass is 537 g/mol. The first-order chi connectivity index (χ1) is 18.2. The molecule has 0 aliphatic carbocycles. The van der Waals surface area contributed by atoms with Gasteiger partial charge < -0.3 is 14.7 Å². The maximum atomic E-state index is 13.6. The summed E-state index contributed by atoms with van der Waals surface area (Å²) in [6.45, 7) is 4.59. The predicted molar refractivity (Wildman–Crippen MR) is 146 cm³/mol. The van der Waals surface area contributed by atoms with E-state index < -0.39 is 17.4 Å². The van der Waals surface area contributed by atoms with Crippen molar-refractivity contribution in [3.8, 4) is 5.75 Å². The first-order valence-corrected chi connectivity index (χ1v) is 13.4. The van der Waals surface area contributed by atoms with Gasteiger partial charge in [0.25, 0.3) is 5.91 Å². The van der Waals surface area contributed by atoms with Crippen LogP contribution >= 0.6 is 11.6 Å². The van der Waals surface area contributed by atoms with Gasteiger partial charge in [-0.2, -0.15) is 0 Å². The van der Waals surface area contributed by atoms with E-state index in [1.54, 1.807) is 29.2 Å². The third-order valence-corrected chi connectivity index (χ3v) is 7.18. The fourth-order valence-electron chi connectivity index (χ4n) is 4.91. The van der Waals surface area contributed by atoms with Crippen molar-refractivity contribution in [2.24, 2.45) is 0 Å². The van der Waals surface area contributed by atoms with Gasteiger partial charge in [0.15, 0.2) is 0 Å². The van der Waals surface area contributed by atoms with E-state index in [1.807, 2.05) is 25.1 Å². The van der Waals surface area contributed by atoms with Crippen LogP contribution in [0.1, 0.15) is 65.7 Å². The number of amides is 1. The van der Waals surface area contributed by atoms with Gasteiger partial charge >= 0.3 is 5.97 Å². The molecule has 1 heterocycles. The van der Waals surface area contributed by atoms with Gasteiger partial charge in [-0.15, -0.1) is 0 Å². The minimum atomic E-state index is -0.947. The first kappa shape index (κ1) is 27.6. The Labute approximate surface area is 228 Å². The Morgan fingerprint density at radius 2 is 1.76 bits per heavy atom. The van der Waals surface area contributed by atoms with E-state index in [2.05, 4.69) is 19.1 Å². The number of rotatable bonds is 11. The summed E-state index contributed by atoms with van der Waals surface area (Å²) in [5, 5.41) is 9.33. The maximum absolute atomic E-state index is 13.6. The van der Waals surface area contributed by atoms with Crippen LogP contribution in [0, 0.1) is 5.82 Å². The number of ether oxygens (including phenoxy) is 1. The summed E-state index contributed by atoms with van der Waals surface area (Å²) in [7, 11) is 0. The van der Waals surface area contributed by atoms with Gasteiger partial charge in [-0.25, -0.2) is 4.39 Å². The summed E-state index contributed by atoms with van der Waals surface area (Å²) >= 11 is 5.96. The molecule has 0 radical (unpaired) electrons.